The highest BCUT2D eigenvalue weighted by Gasteiger charge is 2.31. The third kappa shape index (κ3) is 2.77. The van der Waals surface area contributed by atoms with Crippen molar-refractivity contribution >= 4 is 29.0 Å². The van der Waals surface area contributed by atoms with Gasteiger partial charge in [0.2, 0.25) is 5.91 Å². The quantitative estimate of drug-likeness (QED) is 0.882. The standard InChI is InChI=1S/C16H21N3OS/c20-16-10-21-15-4-3-11(9-14(15)18-16)17-12-5-7-19-6-1-2-13(19)8-12/h3-4,9,12-13,17H,1-2,5-8,10H2,(H,18,20). The molecule has 0 aliphatic carbocycles. The summed E-state index contributed by atoms with van der Waals surface area (Å²) in [5.41, 5.74) is 2.09. The molecule has 3 aliphatic rings. The van der Waals surface area contributed by atoms with Crippen LogP contribution in [0.2, 0.25) is 0 Å². The van der Waals surface area contributed by atoms with E-state index >= 15 is 0 Å². The summed E-state index contributed by atoms with van der Waals surface area (Å²) in [5.74, 6) is 0.629. The molecule has 3 aliphatic heterocycles. The Hall–Kier alpha value is -1.20. The van der Waals surface area contributed by atoms with Crippen LogP contribution in [-0.2, 0) is 4.79 Å². The van der Waals surface area contributed by atoms with E-state index in [1.807, 2.05) is 0 Å². The lowest BCUT2D eigenvalue weighted by Gasteiger charge is -2.35. The van der Waals surface area contributed by atoms with E-state index in [9.17, 15) is 4.79 Å². The minimum Gasteiger partial charge on any atom is -0.382 e. The third-order valence-electron chi connectivity index (χ3n) is 4.80. The molecule has 5 heteroatoms. The fraction of sp³-hybridized carbons (Fsp3) is 0.562. The van der Waals surface area contributed by atoms with Crippen molar-refractivity contribution < 1.29 is 4.79 Å². The number of piperidine rings is 1. The van der Waals surface area contributed by atoms with Gasteiger partial charge in [0.1, 0.15) is 0 Å². The topological polar surface area (TPSA) is 44.4 Å². The highest BCUT2D eigenvalue weighted by molar-refractivity contribution is 8.00. The molecule has 0 saturated carbocycles. The summed E-state index contributed by atoms with van der Waals surface area (Å²) >= 11 is 1.62. The summed E-state index contributed by atoms with van der Waals surface area (Å²) in [6.07, 6.45) is 5.18. The normalized spacial score (nSPS) is 28.7. The van der Waals surface area contributed by atoms with Gasteiger partial charge in [0, 0.05) is 29.2 Å². The highest BCUT2D eigenvalue weighted by Crippen LogP contribution is 2.34. The Bertz CT molecular complexity index is 562. The molecular formula is C16H21N3OS. The molecule has 0 aromatic heterocycles. The van der Waals surface area contributed by atoms with Gasteiger partial charge in [0.25, 0.3) is 0 Å². The molecule has 1 aromatic carbocycles. The minimum atomic E-state index is 0.101. The molecule has 2 unspecified atom stereocenters. The Labute approximate surface area is 129 Å². The Morgan fingerprint density at radius 3 is 3.19 bits per heavy atom. The molecule has 1 amide bonds. The Morgan fingerprint density at radius 1 is 1.29 bits per heavy atom. The highest BCUT2D eigenvalue weighted by atomic mass is 32.2. The lowest BCUT2D eigenvalue weighted by molar-refractivity contribution is -0.113. The van der Waals surface area contributed by atoms with Crippen molar-refractivity contribution in [3.05, 3.63) is 18.2 Å². The fourth-order valence-electron chi connectivity index (χ4n) is 3.76. The van der Waals surface area contributed by atoms with Crippen LogP contribution >= 0.6 is 11.8 Å². The van der Waals surface area contributed by atoms with Gasteiger partial charge in [0.15, 0.2) is 0 Å². The first kappa shape index (κ1) is 13.5. The van der Waals surface area contributed by atoms with Crippen LogP contribution in [0, 0.1) is 0 Å². The zero-order chi connectivity index (χ0) is 14.2. The van der Waals surface area contributed by atoms with Crippen LogP contribution in [0.3, 0.4) is 0 Å². The largest absolute Gasteiger partial charge is 0.382 e. The van der Waals surface area contributed by atoms with Crippen molar-refractivity contribution in [2.45, 2.75) is 42.7 Å². The molecule has 3 heterocycles. The molecular weight excluding hydrogens is 282 g/mol. The molecule has 0 bridgehead atoms. The van der Waals surface area contributed by atoms with E-state index in [2.05, 4.69) is 33.7 Å². The van der Waals surface area contributed by atoms with E-state index in [1.54, 1.807) is 11.8 Å². The minimum absolute atomic E-state index is 0.101. The number of thioether (sulfide) groups is 1. The summed E-state index contributed by atoms with van der Waals surface area (Å²) in [6.45, 7) is 2.51. The molecule has 2 N–H and O–H groups in total. The second-order valence-electron chi connectivity index (χ2n) is 6.25. The molecule has 0 radical (unpaired) electrons. The number of carbonyl (C=O) groups is 1. The van der Waals surface area contributed by atoms with E-state index in [0.29, 0.717) is 11.8 Å². The molecule has 2 fully saturated rings. The van der Waals surface area contributed by atoms with Gasteiger partial charge in [-0.2, -0.15) is 0 Å². The van der Waals surface area contributed by atoms with Crippen molar-refractivity contribution in [1.29, 1.82) is 0 Å². The van der Waals surface area contributed by atoms with Crippen molar-refractivity contribution in [3.8, 4) is 0 Å². The maximum atomic E-state index is 11.5. The summed E-state index contributed by atoms with van der Waals surface area (Å²) in [7, 11) is 0. The number of nitrogens with zero attached hydrogens (tertiary/aromatic N) is 1. The van der Waals surface area contributed by atoms with Gasteiger partial charge in [-0.3, -0.25) is 4.79 Å². The van der Waals surface area contributed by atoms with Crippen LogP contribution in [0.25, 0.3) is 0 Å². The molecule has 2 saturated heterocycles. The van der Waals surface area contributed by atoms with Crippen LogP contribution in [0.5, 0.6) is 0 Å². The summed E-state index contributed by atoms with van der Waals surface area (Å²) in [6, 6.07) is 7.69. The molecule has 21 heavy (non-hydrogen) atoms. The van der Waals surface area contributed by atoms with Crippen LogP contribution in [0.4, 0.5) is 11.4 Å². The number of hydrogen-bond acceptors (Lipinski definition) is 4. The lowest BCUT2D eigenvalue weighted by atomic mass is 9.97. The average Bonchev–Trinajstić information content (AvgIpc) is 2.94. The van der Waals surface area contributed by atoms with Crippen molar-refractivity contribution in [3.63, 3.8) is 0 Å². The predicted octanol–water partition coefficient (Wildman–Crippen LogP) is 2.77. The number of amides is 1. The monoisotopic (exact) mass is 303 g/mol. The van der Waals surface area contributed by atoms with Crippen molar-refractivity contribution in [2.75, 3.05) is 29.5 Å². The number of anilines is 2. The van der Waals surface area contributed by atoms with Gasteiger partial charge in [-0.15, -0.1) is 11.8 Å². The molecule has 1 aromatic rings. The van der Waals surface area contributed by atoms with Gasteiger partial charge >= 0.3 is 0 Å². The summed E-state index contributed by atoms with van der Waals surface area (Å²) < 4.78 is 0. The van der Waals surface area contributed by atoms with Crippen LogP contribution in [0.1, 0.15) is 25.7 Å². The number of hydrogen-bond donors (Lipinski definition) is 2. The first-order chi connectivity index (χ1) is 10.3. The van der Waals surface area contributed by atoms with Crippen molar-refractivity contribution in [2.24, 2.45) is 0 Å². The Morgan fingerprint density at radius 2 is 2.24 bits per heavy atom. The van der Waals surface area contributed by atoms with E-state index in [1.165, 1.54) is 43.7 Å². The summed E-state index contributed by atoms with van der Waals surface area (Å²) in [5, 5.41) is 6.64. The van der Waals surface area contributed by atoms with Gasteiger partial charge < -0.3 is 15.5 Å². The van der Waals surface area contributed by atoms with E-state index < -0.39 is 0 Å². The van der Waals surface area contributed by atoms with E-state index in [-0.39, 0.29) is 5.91 Å². The first-order valence-corrected chi connectivity index (χ1v) is 8.84. The second kappa shape index (κ2) is 5.54. The summed E-state index contributed by atoms with van der Waals surface area (Å²) in [4.78, 5) is 15.3. The van der Waals surface area contributed by atoms with Crippen molar-refractivity contribution in [1.82, 2.24) is 4.90 Å². The molecule has 2 atom stereocenters. The average molecular weight is 303 g/mol. The zero-order valence-electron chi connectivity index (χ0n) is 12.1. The Kier molecular flexibility index (Phi) is 3.55. The zero-order valence-corrected chi connectivity index (χ0v) is 12.9. The smallest absolute Gasteiger partial charge is 0.234 e. The van der Waals surface area contributed by atoms with E-state index in [0.717, 1.165) is 17.4 Å². The van der Waals surface area contributed by atoms with Gasteiger partial charge in [-0.25, -0.2) is 0 Å². The first-order valence-electron chi connectivity index (χ1n) is 7.85. The van der Waals surface area contributed by atoms with Crippen LogP contribution < -0.4 is 10.6 Å². The second-order valence-corrected chi connectivity index (χ2v) is 7.26. The van der Waals surface area contributed by atoms with Gasteiger partial charge in [-0.1, -0.05) is 0 Å². The molecule has 112 valence electrons. The van der Waals surface area contributed by atoms with Gasteiger partial charge in [0.05, 0.1) is 11.4 Å². The molecule has 4 nitrogen and oxygen atoms in total. The number of carbonyl (C=O) groups excluding carboxylic acids is 1. The lowest BCUT2D eigenvalue weighted by Crippen LogP contribution is -2.42. The fourth-order valence-corrected chi connectivity index (χ4v) is 4.55. The third-order valence-corrected chi connectivity index (χ3v) is 5.88. The number of rotatable bonds is 2. The Balaban J connectivity index is 1.45. The molecule has 0 spiro atoms. The van der Waals surface area contributed by atoms with Crippen LogP contribution in [0.15, 0.2) is 23.1 Å². The van der Waals surface area contributed by atoms with E-state index in [4.69, 9.17) is 0 Å². The SMILES string of the molecule is O=C1CSc2ccc(NC3CCN4CCCC4C3)cc2N1. The molecule has 4 rings (SSSR count). The van der Waals surface area contributed by atoms with Crippen LogP contribution in [-0.4, -0.2) is 41.7 Å². The van der Waals surface area contributed by atoms with Gasteiger partial charge in [-0.05, 0) is 50.4 Å². The number of fused-ring (bicyclic) bond motifs is 2. The maximum absolute atomic E-state index is 11.5. The number of nitrogens with one attached hydrogen (secondary N) is 2. The predicted molar refractivity (Wildman–Crippen MR) is 87.0 cm³/mol. The number of benzene rings is 1. The maximum Gasteiger partial charge on any atom is 0.234 e.